The molecule has 0 spiro atoms. The molecule has 0 unspecified atom stereocenters. The lowest BCUT2D eigenvalue weighted by atomic mass is 9.95. The number of benzene rings is 6. The number of methoxy groups -OCH3 is 2. The Kier molecular flexibility index (Phi) is 32.7. The Morgan fingerprint density at radius 1 is 0.491 bits per heavy atom. The molecule has 108 heavy (non-hydrogen) atoms. The molecule has 554 valence electrons. The highest BCUT2D eigenvalue weighted by atomic mass is 35.5. The predicted octanol–water partition coefficient (Wildman–Crippen LogP) is 16.2. The Morgan fingerprint density at radius 2 is 0.852 bits per heavy atom. The number of hydrogen-bond donors (Lipinski definition) is 4. The van der Waals surface area contributed by atoms with Crippen LogP contribution in [-0.2, 0) is 13.1 Å². The largest absolute Gasteiger partial charge is 0.481 e. The van der Waals surface area contributed by atoms with Gasteiger partial charge in [-0.05, 0) is 197 Å². The molecule has 0 fully saturated rings. The van der Waals surface area contributed by atoms with E-state index in [-0.39, 0.29) is 114 Å². The molecule has 28 heteroatoms. The number of carbonyl (C=O) groups excluding carboxylic acids is 3. The first-order valence-electron chi connectivity index (χ1n) is 32.7. The molecule has 23 nitrogen and oxygen atoms in total. The monoisotopic (exact) mass is 1550 g/mol. The molecule has 9 aromatic rings. The fourth-order valence-corrected chi connectivity index (χ4v) is 11.7. The lowest BCUT2D eigenvalue weighted by Crippen LogP contribution is -2.37. The van der Waals surface area contributed by atoms with Crippen molar-refractivity contribution in [2.75, 3.05) is 20.0 Å². The minimum Gasteiger partial charge on any atom is -0.481 e. The average Bonchev–Trinajstić information content (AvgIpc) is 0.774. The SMILES string of the molecule is CCn1c(C(=O)c2cc(C#N)cc(C)c2Cl)c(C(C)C)c(=O)[nH]c1=O.COc1nc(OC)c(C(C)C)c(C(=O)c2cc(C#N)cc(C)c2Cl)n1.Cc1cc(C#N)cc(C(=O)c2[nH]c(=O)[nH]c(=O)c2C(C)C)c1Cl.Cc1cc(C#N)cc(C)c1Cl.Cc1cc(C#N)cc(C)c1N.[C-]#[N+]Cc1cc(C#N)cc(C)c1Cl. The lowest BCUT2D eigenvalue weighted by Gasteiger charge is -2.17. The second-order valence-corrected chi connectivity index (χ2v) is 27.0. The van der Waals surface area contributed by atoms with Crippen molar-refractivity contribution in [3.8, 4) is 48.3 Å². The zero-order chi connectivity index (χ0) is 81.6. The maximum Gasteiger partial charge on any atom is 0.328 e. The predicted molar refractivity (Wildman–Crippen MR) is 417 cm³/mol. The Morgan fingerprint density at radius 3 is 1.23 bits per heavy atom. The van der Waals surface area contributed by atoms with Gasteiger partial charge in [-0.15, -0.1) is 0 Å². The van der Waals surface area contributed by atoms with Gasteiger partial charge in [0.1, 0.15) is 11.4 Å². The summed E-state index contributed by atoms with van der Waals surface area (Å²) in [6.45, 7) is 34.2. The number of rotatable bonds is 13. The van der Waals surface area contributed by atoms with Gasteiger partial charge < -0.3 is 25.0 Å². The summed E-state index contributed by atoms with van der Waals surface area (Å²) in [5.74, 6) is -1.91. The zero-order valence-corrected chi connectivity index (χ0v) is 66.0. The van der Waals surface area contributed by atoms with E-state index in [2.05, 4.69) is 41.9 Å². The molecule has 0 bridgehead atoms. The summed E-state index contributed by atoms with van der Waals surface area (Å²) in [5.41, 5.74) is 15.3. The molecule has 3 heterocycles. The van der Waals surface area contributed by atoms with Crippen LogP contribution in [0.3, 0.4) is 0 Å². The highest BCUT2D eigenvalue weighted by Crippen LogP contribution is 2.34. The number of nitrogen functional groups attached to an aromatic ring is 1. The van der Waals surface area contributed by atoms with Crippen LogP contribution in [0.15, 0.2) is 92.0 Å². The molecule has 6 aromatic carbocycles. The molecule has 0 aliphatic rings. The molecule has 0 atom stereocenters. The van der Waals surface area contributed by atoms with E-state index >= 15 is 0 Å². The molecule has 0 saturated carbocycles. The number of hydrogen-bond acceptors (Lipinski definition) is 18. The van der Waals surface area contributed by atoms with Crippen LogP contribution in [0.5, 0.6) is 11.9 Å². The number of nitriles is 6. The van der Waals surface area contributed by atoms with Crippen LogP contribution in [0, 0.1) is 130 Å². The molecule has 0 saturated heterocycles. The maximum absolute atomic E-state index is 13.2. The van der Waals surface area contributed by atoms with E-state index in [0.29, 0.717) is 49.5 Å². The third-order valence-electron chi connectivity index (χ3n) is 16.1. The number of ether oxygens (including phenoxy) is 2. The van der Waals surface area contributed by atoms with Gasteiger partial charge in [-0.1, -0.05) is 99.5 Å². The van der Waals surface area contributed by atoms with Crippen molar-refractivity contribution in [2.45, 2.75) is 135 Å². The van der Waals surface area contributed by atoms with Crippen molar-refractivity contribution in [1.29, 1.82) is 31.6 Å². The summed E-state index contributed by atoms with van der Waals surface area (Å²) in [5, 5.41) is 55.2. The number of anilines is 1. The molecule has 0 aliphatic carbocycles. The molecule has 9 rings (SSSR count). The van der Waals surface area contributed by atoms with E-state index in [1.807, 2.05) is 72.7 Å². The maximum atomic E-state index is 13.2. The summed E-state index contributed by atoms with van der Waals surface area (Å²) in [6.07, 6.45) is 0. The third kappa shape index (κ3) is 21.9. The van der Waals surface area contributed by atoms with E-state index in [9.17, 15) is 33.6 Å². The first-order chi connectivity index (χ1) is 50.8. The van der Waals surface area contributed by atoms with Crippen molar-refractivity contribution in [3.05, 3.63) is 285 Å². The first kappa shape index (κ1) is 88.4. The van der Waals surface area contributed by atoms with Crippen LogP contribution < -0.4 is 37.7 Å². The Bertz CT molecular complexity index is 5480. The fraction of sp³-hybridized carbons (Fsp3) is 0.275. The number of carbonyl (C=O) groups is 3. The number of nitrogens with one attached hydrogen (secondary N) is 3. The summed E-state index contributed by atoms with van der Waals surface area (Å²) < 4.78 is 11.6. The minimum atomic E-state index is -0.771. The molecular weight excluding hydrogens is 1480 g/mol. The zero-order valence-electron chi connectivity index (χ0n) is 62.2. The quantitative estimate of drug-likeness (QED) is 0.0473. The van der Waals surface area contributed by atoms with Crippen molar-refractivity contribution in [3.63, 3.8) is 0 Å². The molecule has 3 aromatic heterocycles. The molecule has 0 amide bonds. The van der Waals surface area contributed by atoms with Crippen LogP contribution in [0.2, 0.25) is 25.1 Å². The Labute approximate surface area is 649 Å². The topological polar surface area (TPSA) is 389 Å². The third-order valence-corrected chi connectivity index (χ3v) is 18.7. The smallest absolute Gasteiger partial charge is 0.328 e. The standard InChI is InChI=1S/2C18H18ClN3O3.C16H14ClN3O3.C10H7ClN2.C9H8ClN.C9H10N2/c1-9(2)13-15(21-18(25-5)22-17(13)24-4)16(23)12-7-11(8-20)6-10(3)14(12)19;1-5-22-15(13(9(2)3)17(24)21-18(22)25)16(23)12-7-11(8-20)6-10(4)14(12)19;1-7(2)11-13(19-16(23)20-15(11)22)14(21)10-5-9(6-18)4-8(3)12(10)17;1-7-3-8(5-12)4-9(6-13-2)10(7)11;1-6-3-8(5-11)4-7(2)9(6)10;1-6-3-8(5-10)4-7(2)9(6)11/h6-7,9H,1-5H3;6-7,9H,5H2,1-4H3,(H,21,24,25);4-5,7H,1-3H3,(H2,19,20,22,23);3-4H,6H2,1H3;3-4H,1-2H3;3-4H,11H2,1-2H3. The normalized spacial score (nSPS) is 10.1. The second kappa shape index (κ2) is 40.0. The average molecular weight is 1550 g/mol. The van der Waals surface area contributed by atoms with E-state index in [1.165, 1.54) is 37.0 Å². The van der Waals surface area contributed by atoms with Gasteiger partial charge in [0.25, 0.3) is 11.1 Å². The number of halogens is 5. The minimum absolute atomic E-state index is 0.0163. The molecule has 5 N–H and O–H groups in total. The second-order valence-electron chi connectivity index (χ2n) is 25.1. The van der Waals surface area contributed by atoms with Gasteiger partial charge in [0.05, 0.1) is 115 Å². The van der Waals surface area contributed by atoms with Crippen molar-refractivity contribution in [1.82, 2.24) is 29.5 Å². The number of nitrogens with two attached hydrogens (primary N) is 1. The highest BCUT2D eigenvalue weighted by molar-refractivity contribution is 6.37. The lowest BCUT2D eigenvalue weighted by molar-refractivity contribution is 0.102. The fourth-order valence-electron chi connectivity index (χ4n) is 10.8. The molecular formula is C80H75Cl5N14O9. The number of nitrogens with zero attached hydrogens (tertiary/aromatic N) is 10. The number of aromatic amines is 3. The molecule has 0 aliphatic heterocycles. The van der Waals surface area contributed by atoms with Gasteiger partial charge in [0.2, 0.25) is 29.8 Å². The van der Waals surface area contributed by atoms with E-state index in [1.54, 1.807) is 110 Å². The van der Waals surface area contributed by atoms with Gasteiger partial charge >= 0.3 is 17.4 Å². The van der Waals surface area contributed by atoms with Gasteiger partial charge in [-0.25, -0.2) is 16.2 Å². The van der Waals surface area contributed by atoms with Crippen LogP contribution in [-0.4, -0.2) is 61.1 Å². The Balaban J connectivity index is 0.000000282. The van der Waals surface area contributed by atoms with Crippen LogP contribution in [0.1, 0.15) is 215 Å². The van der Waals surface area contributed by atoms with Crippen LogP contribution >= 0.6 is 58.0 Å². The van der Waals surface area contributed by atoms with Gasteiger partial charge in [-0.3, -0.25) is 38.5 Å². The molecule has 0 radical (unpaired) electrons. The van der Waals surface area contributed by atoms with Crippen molar-refractivity contribution < 1.29 is 23.9 Å². The van der Waals surface area contributed by atoms with Crippen molar-refractivity contribution in [2.24, 2.45) is 0 Å². The van der Waals surface area contributed by atoms with Gasteiger partial charge in [0, 0.05) is 50.6 Å². The number of ketones is 3. The van der Waals surface area contributed by atoms with Crippen molar-refractivity contribution >= 4 is 81.0 Å². The summed E-state index contributed by atoms with van der Waals surface area (Å²) in [6, 6.07) is 31.7. The highest BCUT2D eigenvalue weighted by Gasteiger charge is 2.29. The van der Waals surface area contributed by atoms with Gasteiger partial charge in [-0.2, -0.15) is 41.5 Å². The van der Waals surface area contributed by atoms with Crippen LogP contribution in [0.4, 0.5) is 5.69 Å². The number of aryl methyl sites for hydroxylation is 8. The summed E-state index contributed by atoms with van der Waals surface area (Å²) in [7, 11) is 2.88. The number of aromatic nitrogens is 6. The van der Waals surface area contributed by atoms with E-state index in [4.69, 9.17) is 111 Å². The van der Waals surface area contributed by atoms with Gasteiger partial charge in [0.15, 0.2) is 0 Å². The number of H-pyrrole nitrogens is 3. The summed E-state index contributed by atoms with van der Waals surface area (Å²) >= 11 is 30.6. The van der Waals surface area contributed by atoms with E-state index < -0.39 is 39.8 Å². The van der Waals surface area contributed by atoms with E-state index in [0.717, 1.165) is 44.1 Å². The summed E-state index contributed by atoms with van der Waals surface area (Å²) in [4.78, 5) is 105. The van der Waals surface area contributed by atoms with Crippen LogP contribution in [0.25, 0.3) is 4.85 Å². The Hall–Kier alpha value is -12.0. The first-order valence-corrected chi connectivity index (χ1v) is 34.6.